The van der Waals surface area contributed by atoms with Gasteiger partial charge in [-0.25, -0.2) is 4.39 Å². The normalized spacial score (nSPS) is 17.5. The Balaban J connectivity index is 2.23. The molecular weight excluding hydrogens is 314 g/mol. The summed E-state index contributed by atoms with van der Waals surface area (Å²) in [4.78, 5) is 12.7. The van der Waals surface area contributed by atoms with E-state index in [1.807, 2.05) is 0 Å². The van der Waals surface area contributed by atoms with E-state index in [2.05, 4.69) is 17.6 Å². The van der Waals surface area contributed by atoms with Gasteiger partial charge in [0.1, 0.15) is 5.82 Å². The van der Waals surface area contributed by atoms with Gasteiger partial charge in [0, 0.05) is 0 Å². The second-order valence-electron chi connectivity index (χ2n) is 5.48. The van der Waals surface area contributed by atoms with Crippen molar-refractivity contribution >= 4 is 34.8 Å². The molecule has 1 amide bonds. The number of halogens is 3. The molecule has 0 aliphatic carbocycles. The zero-order chi connectivity index (χ0) is 15.5. The highest BCUT2D eigenvalue weighted by Crippen LogP contribution is 2.38. The number of nitrogens with one attached hydrogen (secondary N) is 2. The molecule has 0 saturated carbocycles. The van der Waals surface area contributed by atoms with Crippen molar-refractivity contribution in [2.75, 3.05) is 18.4 Å². The van der Waals surface area contributed by atoms with Gasteiger partial charge in [-0.15, -0.1) is 0 Å². The zero-order valence-corrected chi connectivity index (χ0v) is 13.5. The van der Waals surface area contributed by atoms with Crippen LogP contribution < -0.4 is 10.6 Å². The summed E-state index contributed by atoms with van der Waals surface area (Å²) in [5.74, 6) is -0.602. The molecule has 2 rings (SSSR count). The van der Waals surface area contributed by atoms with Crippen LogP contribution in [0.25, 0.3) is 0 Å². The summed E-state index contributed by atoms with van der Waals surface area (Å²) in [6, 6.07) is 2.30. The first-order chi connectivity index (χ1) is 9.98. The molecule has 116 valence electrons. The number of rotatable bonds is 4. The molecule has 0 aromatic heterocycles. The van der Waals surface area contributed by atoms with Crippen molar-refractivity contribution in [1.29, 1.82) is 0 Å². The van der Waals surface area contributed by atoms with Crippen molar-refractivity contribution in [1.82, 2.24) is 5.32 Å². The molecular formula is C15H19Cl2FN2O. The molecule has 1 heterocycles. The second-order valence-corrected chi connectivity index (χ2v) is 6.29. The van der Waals surface area contributed by atoms with Crippen LogP contribution in [0.15, 0.2) is 12.1 Å². The fourth-order valence-electron chi connectivity index (χ4n) is 2.88. The Morgan fingerprint density at radius 3 is 2.43 bits per heavy atom. The van der Waals surface area contributed by atoms with Crippen LogP contribution in [-0.4, -0.2) is 19.0 Å². The fraction of sp³-hybridized carbons (Fsp3) is 0.533. The molecule has 1 aliphatic heterocycles. The lowest BCUT2D eigenvalue weighted by Crippen LogP contribution is -2.44. The van der Waals surface area contributed by atoms with E-state index < -0.39 is 11.2 Å². The minimum absolute atomic E-state index is 0.0822. The van der Waals surface area contributed by atoms with Crippen LogP contribution >= 0.6 is 23.2 Å². The molecule has 21 heavy (non-hydrogen) atoms. The molecule has 1 aliphatic rings. The first-order valence-electron chi connectivity index (χ1n) is 7.15. The lowest BCUT2D eigenvalue weighted by molar-refractivity contribution is -0.127. The van der Waals surface area contributed by atoms with E-state index in [4.69, 9.17) is 23.2 Å². The number of anilines is 1. The van der Waals surface area contributed by atoms with Gasteiger partial charge in [0.05, 0.1) is 21.1 Å². The fourth-order valence-corrected chi connectivity index (χ4v) is 3.44. The van der Waals surface area contributed by atoms with Crippen LogP contribution in [0.2, 0.25) is 10.0 Å². The van der Waals surface area contributed by atoms with E-state index in [0.717, 1.165) is 50.9 Å². The summed E-state index contributed by atoms with van der Waals surface area (Å²) in [5, 5.41) is 6.31. The first kappa shape index (κ1) is 16.5. The van der Waals surface area contributed by atoms with Crippen molar-refractivity contribution in [3.8, 4) is 0 Å². The Labute approximate surface area is 134 Å². The maximum atomic E-state index is 13.2. The highest BCUT2D eigenvalue weighted by molar-refractivity contribution is 6.39. The average Bonchev–Trinajstić information content (AvgIpc) is 2.44. The monoisotopic (exact) mass is 332 g/mol. The first-order valence-corrected chi connectivity index (χ1v) is 7.91. The van der Waals surface area contributed by atoms with Gasteiger partial charge in [0.15, 0.2) is 0 Å². The summed E-state index contributed by atoms with van der Waals surface area (Å²) < 4.78 is 13.2. The Morgan fingerprint density at radius 1 is 1.33 bits per heavy atom. The van der Waals surface area contributed by atoms with Gasteiger partial charge < -0.3 is 10.6 Å². The summed E-state index contributed by atoms with van der Waals surface area (Å²) in [6.07, 6.45) is 3.31. The molecule has 0 radical (unpaired) electrons. The van der Waals surface area contributed by atoms with E-state index in [9.17, 15) is 9.18 Å². The Morgan fingerprint density at radius 2 is 1.90 bits per heavy atom. The standard InChI is InChI=1S/C15H19Cl2FN2O/c1-2-3-15(4-6-19-7-5-15)14(21)20-13-11(16)8-10(18)9-12(13)17/h8-9,19H,2-7H2,1H3,(H,20,21). The quantitative estimate of drug-likeness (QED) is 0.865. The number of amides is 1. The van der Waals surface area contributed by atoms with E-state index in [-0.39, 0.29) is 16.0 Å². The number of hydrogen-bond acceptors (Lipinski definition) is 2. The minimum Gasteiger partial charge on any atom is -0.323 e. The Kier molecular flexibility index (Phi) is 5.47. The SMILES string of the molecule is CCCC1(C(=O)Nc2c(Cl)cc(F)cc2Cl)CCNCC1. The third-order valence-corrected chi connectivity index (χ3v) is 4.61. The van der Waals surface area contributed by atoms with Crippen molar-refractivity contribution in [3.63, 3.8) is 0 Å². The number of benzene rings is 1. The van der Waals surface area contributed by atoms with E-state index >= 15 is 0 Å². The van der Waals surface area contributed by atoms with Gasteiger partial charge >= 0.3 is 0 Å². The van der Waals surface area contributed by atoms with Crippen molar-refractivity contribution in [2.24, 2.45) is 5.41 Å². The van der Waals surface area contributed by atoms with Crippen LogP contribution in [0.4, 0.5) is 10.1 Å². The Hall–Kier alpha value is -0.840. The van der Waals surface area contributed by atoms with Crippen LogP contribution in [-0.2, 0) is 4.79 Å². The van der Waals surface area contributed by atoms with Gasteiger partial charge in [0.2, 0.25) is 5.91 Å². The minimum atomic E-state index is -0.520. The second kappa shape index (κ2) is 6.95. The van der Waals surface area contributed by atoms with Gasteiger partial charge in [-0.05, 0) is 44.5 Å². The molecule has 1 aromatic carbocycles. The maximum absolute atomic E-state index is 13.2. The van der Waals surface area contributed by atoms with E-state index in [1.54, 1.807) is 0 Å². The molecule has 6 heteroatoms. The number of hydrogen-bond donors (Lipinski definition) is 2. The molecule has 1 aromatic rings. The van der Waals surface area contributed by atoms with Gasteiger partial charge in [-0.1, -0.05) is 36.5 Å². The summed E-state index contributed by atoms with van der Waals surface area (Å²) in [7, 11) is 0. The summed E-state index contributed by atoms with van der Waals surface area (Å²) >= 11 is 12.0. The highest BCUT2D eigenvalue weighted by Gasteiger charge is 2.38. The third-order valence-electron chi connectivity index (χ3n) is 4.02. The number of carbonyl (C=O) groups is 1. The van der Waals surface area contributed by atoms with Crippen molar-refractivity contribution in [3.05, 3.63) is 28.0 Å². The molecule has 1 fully saturated rings. The molecule has 0 spiro atoms. The van der Waals surface area contributed by atoms with Crippen LogP contribution in [0.3, 0.4) is 0 Å². The van der Waals surface area contributed by atoms with Crippen LogP contribution in [0.5, 0.6) is 0 Å². The van der Waals surface area contributed by atoms with Crippen LogP contribution in [0.1, 0.15) is 32.6 Å². The lowest BCUT2D eigenvalue weighted by Gasteiger charge is -2.36. The molecule has 3 nitrogen and oxygen atoms in total. The van der Waals surface area contributed by atoms with Crippen molar-refractivity contribution < 1.29 is 9.18 Å². The molecule has 0 atom stereocenters. The van der Waals surface area contributed by atoms with Gasteiger partial charge in [-0.3, -0.25) is 4.79 Å². The third kappa shape index (κ3) is 3.68. The van der Waals surface area contributed by atoms with Crippen LogP contribution in [0, 0.1) is 11.2 Å². The maximum Gasteiger partial charge on any atom is 0.230 e. The van der Waals surface area contributed by atoms with E-state index in [0.29, 0.717) is 5.69 Å². The highest BCUT2D eigenvalue weighted by atomic mass is 35.5. The average molecular weight is 333 g/mol. The zero-order valence-electron chi connectivity index (χ0n) is 11.9. The summed E-state index contributed by atoms with van der Waals surface area (Å²) in [5.41, 5.74) is -0.111. The smallest absolute Gasteiger partial charge is 0.230 e. The predicted octanol–water partition coefficient (Wildman–Crippen LogP) is 4.24. The molecule has 2 N–H and O–H groups in total. The topological polar surface area (TPSA) is 41.1 Å². The number of carbonyl (C=O) groups excluding carboxylic acids is 1. The largest absolute Gasteiger partial charge is 0.323 e. The van der Waals surface area contributed by atoms with Crippen molar-refractivity contribution in [2.45, 2.75) is 32.6 Å². The predicted molar refractivity (Wildman–Crippen MR) is 84.5 cm³/mol. The molecule has 0 unspecified atom stereocenters. The summed E-state index contributed by atoms with van der Waals surface area (Å²) in [6.45, 7) is 3.70. The van der Waals surface area contributed by atoms with Gasteiger partial charge in [-0.2, -0.15) is 0 Å². The van der Waals surface area contributed by atoms with Gasteiger partial charge in [0.25, 0.3) is 0 Å². The number of piperidine rings is 1. The molecule has 0 bridgehead atoms. The lowest BCUT2D eigenvalue weighted by atomic mass is 9.74. The molecule has 1 saturated heterocycles. The van der Waals surface area contributed by atoms with E-state index in [1.165, 1.54) is 0 Å². The Bertz CT molecular complexity index is 502.